The van der Waals surface area contributed by atoms with E-state index < -0.39 is 17.8 Å². The van der Waals surface area contributed by atoms with E-state index in [2.05, 4.69) is 9.97 Å². The monoisotopic (exact) mass is 286 g/mol. The summed E-state index contributed by atoms with van der Waals surface area (Å²) in [7, 11) is 0. The van der Waals surface area contributed by atoms with Gasteiger partial charge in [0.25, 0.3) is 0 Å². The number of hydrogen-bond acceptors (Lipinski definition) is 8. The van der Waals surface area contributed by atoms with Crippen LogP contribution in [0, 0.1) is 0 Å². The molecule has 1 aliphatic rings. The van der Waals surface area contributed by atoms with Crippen LogP contribution in [0.2, 0.25) is 0 Å². The zero-order chi connectivity index (χ0) is 14.0. The lowest BCUT2D eigenvalue weighted by molar-refractivity contribution is -0.141. The number of nitrogens with two attached hydrogens (primary N) is 1. The summed E-state index contributed by atoms with van der Waals surface area (Å²) in [4.78, 5) is 29.7. The van der Waals surface area contributed by atoms with Crippen LogP contribution in [-0.4, -0.2) is 43.6 Å². The molecule has 1 aromatic heterocycles. The molecule has 0 amide bonds. The molecule has 0 aromatic carbocycles. The number of nitrogens with zero attached hydrogens (tertiary/aromatic N) is 3. The molecular weight excluding hydrogens is 272 g/mol. The molecule has 0 bridgehead atoms. The lowest BCUT2D eigenvalue weighted by Gasteiger charge is -2.13. The van der Waals surface area contributed by atoms with Gasteiger partial charge in [0.15, 0.2) is 0 Å². The van der Waals surface area contributed by atoms with E-state index in [0.717, 1.165) is 0 Å². The minimum atomic E-state index is -0.654. The van der Waals surface area contributed by atoms with E-state index in [-0.39, 0.29) is 23.2 Å². The van der Waals surface area contributed by atoms with E-state index in [0.29, 0.717) is 6.42 Å². The third kappa shape index (κ3) is 3.24. The first-order chi connectivity index (χ1) is 8.97. The zero-order valence-electron chi connectivity index (χ0n) is 10.2. The lowest BCUT2D eigenvalue weighted by Crippen LogP contribution is -2.26. The first-order valence-corrected chi connectivity index (χ1v) is 6.59. The number of esters is 1. The van der Waals surface area contributed by atoms with Gasteiger partial charge in [-0.15, -0.1) is 11.8 Å². The molecule has 1 unspecified atom stereocenters. The van der Waals surface area contributed by atoms with Gasteiger partial charge in [-0.05, 0) is 0 Å². The van der Waals surface area contributed by atoms with Crippen LogP contribution in [0.25, 0.3) is 0 Å². The van der Waals surface area contributed by atoms with E-state index in [1.54, 1.807) is 0 Å². The van der Waals surface area contributed by atoms with Crippen molar-refractivity contribution in [3.05, 3.63) is 16.8 Å². The van der Waals surface area contributed by atoms with Gasteiger partial charge < -0.3 is 15.6 Å². The fourth-order valence-corrected chi connectivity index (χ4v) is 3.21. The van der Waals surface area contributed by atoms with Gasteiger partial charge in [0.2, 0.25) is 5.95 Å². The Morgan fingerprint density at radius 1 is 1.74 bits per heavy atom. The van der Waals surface area contributed by atoms with E-state index >= 15 is 0 Å². The Bertz CT molecular complexity index is 535. The fourth-order valence-electron chi connectivity index (χ4n) is 1.79. The topological polar surface area (TPSA) is 120 Å². The first-order valence-electron chi connectivity index (χ1n) is 5.65. The highest BCUT2D eigenvalue weighted by Crippen LogP contribution is 2.40. The summed E-state index contributed by atoms with van der Waals surface area (Å²) < 4.78 is 6.19. The molecule has 0 spiro atoms. The van der Waals surface area contributed by atoms with Crippen molar-refractivity contribution >= 4 is 23.7 Å². The van der Waals surface area contributed by atoms with Gasteiger partial charge in [0.1, 0.15) is 12.9 Å². The molecule has 1 saturated heterocycles. The van der Waals surface area contributed by atoms with Gasteiger partial charge in [-0.25, -0.2) is 9.78 Å². The van der Waals surface area contributed by atoms with Crippen molar-refractivity contribution in [2.75, 3.05) is 12.3 Å². The van der Waals surface area contributed by atoms with Crippen LogP contribution in [0.1, 0.15) is 18.7 Å². The Balaban J connectivity index is 2.07. The Kier molecular flexibility index (Phi) is 4.05. The maximum Gasteiger partial charge on any atom is 0.353 e. The van der Waals surface area contributed by atoms with Crippen molar-refractivity contribution in [1.82, 2.24) is 14.5 Å². The number of aliphatic hydroxyl groups is 1. The SMILES string of the molecule is CC(=O)OCC1S[C@@H](n2cnc(N)nc2=O)C[C@@H]1O. The van der Waals surface area contributed by atoms with Gasteiger partial charge in [0.05, 0.1) is 16.7 Å². The number of hydrogen-bond donors (Lipinski definition) is 2. The molecule has 1 aromatic rings. The first kappa shape index (κ1) is 13.8. The Hall–Kier alpha value is -1.61. The second kappa shape index (κ2) is 5.57. The molecule has 1 aliphatic heterocycles. The number of nitrogen functional groups attached to an aromatic ring is 1. The van der Waals surface area contributed by atoms with Crippen molar-refractivity contribution in [1.29, 1.82) is 0 Å². The molecule has 104 valence electrons. The Morgan fingerprint density at radius 3 is 3.11 bits per heavy atom. The largest absolute Gasteiger partial charge is 0.465 e. The number of aromatic nitrogens is 3. The van der Waals surface area contributed by atoms with Crippen LogP contribution >= 0.6 is 11.8 Å². The van der Waals surface area contributed by atoms with Gasteiger partial charge >= 0.3 is 11.7 Å². The van der Waals surface area contributed by atoms with Gasteiger partial charge in [-0.1, -0.05) is 0 Å². The number of aliphatic hydroxyl groups excluding tert-OH is 1. The van der Waals surface area contributed by atoms with Crippen molar-refractivity contribution in [3.63, 3.8) is 0 Å². The summed E-state index contributed by atoms with van der Waals surface area (Å²) in [5.74, 6) is -0.481. The average molecular weight is 286 g/mol. The molecule has 2 heterocycles. The highest BCUT2D eigenvalue weighted by molar-refractivity contribution is 8.00. The standard InChI is InChI=1S/C10H14N4O4S/c1-5(15)18-3-7-6(16)2-8(19-7)14-4-12-9(11)13-10(14)17/h4,6-8,16H,2-3H2,1H3,(H2,11,13,17)/t6-,7?,8+/m0/s1. The number of carbonyl (C=O) groups is 1. The summed E-state index contributed by atoms with van der Waals surface area (Å²) in [5.41, 5.74) is 4.80. The highest BCUT2D eigenvalue weighted by Gasteiger charge is 2.36. The molecular formula is C10H14N4O4S. The predicted octanol–water partition coefficient (Wildman–Crippen LogP) is -0.851. The molecule has 0 radical (unpaired) electrons. The number of anilines is 1. The Labute approximate surface area is 113 Å². The normalized spacial score (nSPS) is 26.3. The van der Waals surface area contributed by atoms with Crippen molar-refractivity contribution in [3.8, 4) is 0 Å². The lowest BCUT2D eigenvalue weighted by atomic mass is 10.2. The maximum atomic E-state index is 11.7. The van der Waals surface area contributed by atoms with Gasteiger partial charge in [-0.3, -0.25) is 9.36 Å². The van der Waals surface area contributed by atoms with E-state index in [9.17, 15) is 14.7 Å². The van der Waals surface area contributed by atoms with Crippen LogP contribution in [0.3, 0.4) is 0 Å². The smallest absolute Gasteiger partial charge is 0.353 e. The second-order valence-corrected chi connectivity index (χ2v) is 5.56. The zero-order valence-corrected chi connectivity index (χ0v) is 11.0. The molecule has 0 saturated carbocycles. The number of ether oxygens (including phenoxy) is 1. The number of thioether (sulfide) groups is 1. The molecule has 3 atom stereocenters. The Morgan fingerprint density at radius 2 is 2.47 bits per heavy atom. The fraction of sp³-hybridized carbons (Fsp3) is 0.600. The predicted molar refractivity (Wildman–Crippen MR) is 68.4 cm³/mol. The van der Waals surface area contributed by atoms with Crippen molar-refractivity contribution < 1.29 is 14.6 Å². The van der Waals surface area contributed by atoms with Crippen LogP contribution in [0.4, 0.5) is 5.95 Å². The van der Waals surface area contributed by atoms with E-state index in [4.69, 9.17) is 10.5 Å². The number of rotatable bonds is 3. The molecule has 9 heteroatoms. The number of carbonyl (C=O) groups excluding carboxylic acids is 1. The van der Waals surface area contributed by atoms with Crippen LogP contribution < -0.4 is 11.4 Å². The van der Waals surface area contributed by atoms with E-state index in [1.165, 1.54) is 29.6 Å². The molecule has 1 fully saturated rings. The molecule has 0 aliphatic carbocycles. The molecule has 2 rings (SSSR count). The van der Waals surface area contributed by atoms with Crippen molar-refractivity contribution in [2.24, 2.45) is 0 Å². The third-order valence-electron chi connectivity index (χ3n) is 2.71. The summed E-state index contributed by atoms with van der Waals surface area (Å²) in [6.45, 7) is 1.42. The molecule has 19 heavy (non-hydrogen) atoms. The molecule has 3 N–H and O–H groups in total. The third-order valence-corrected chi connectivity index (χ3v) is 4.24. The highest BCUT2D eigenvalue weighted by atomic mass is 32.2. The van der Waals surface area contributed by atoms with Crippen molar-refractivity contribution in [2.45, 2.75) is 30.1 Å². The minimum Gasteiger partial charge on any atom is -0.465 e. The molecule has 8 nitrogen and oxygen atoms in total. The van der Waals surface area contributed by atoms with Crippen LogP contribution in [-0.2, 0) is 9.53 Å². The van der Waals surface area contributed by atoms with Gasteiger partial charge in [-0.2, -0.15) is 4.98 Å². The summed E-state index contributed by atoms with van der Waals surface area (Å²) in [6.07, 6.45) is 1.02. The second-order valence-electron chi connectivity index (χ2n) is 4.14. The van der Waals surface area contributed by atoms with E-state index in [1.807, 2.05) is 0 Å². The van der Waals surface area contributed by atoms with Gasteiger partial charge in [0, 0.05) is 13.3 Å². The summed E-state index contributed by atoms with van der Waals surface area (Å²) >= 11 is 1.35. The quantitative estimate of drug-likeness (QED) is 0.689. The summed E-state index contributed by atoms with van der Waals surface area (Å²) in [6, 6.07) is 0. The average Bonchev–Trinajstić information content (AvgIpc) is 2.67. The maximum absolute atomic E-state index is 11.7. The van der Waals surface area contributed by atoms with Crippen LogP contribution in [0.15, 0.2) is 11.1 Å². The van der Waals surface area contributed by atoms with Crippen LogP contribution in [0.5, 0.6) is 0 Å². The minimum absolute atomic E-state index is 0.0822. The summed E-state index contributed by atoms with van der Waals surface area (Å²) in [5, 5.41) is 9.33.